The zero-order valence-corrected chi connectivity index (χ0v) is 9.62. The number of nitrogens with zero attached hydrogens (tertiary/aromatic N) is 1. The van der Waals surface area contributed by atoms with Crippen molar-refractivity contribution in [2.75, 3.05) is 20.6 Å². The van der Waals surface area contributed by atoms with E-state index in [1.54, 1.807) is 0 Å². The van der Waals surface area contributed by atoms with Gasteiger partial charge in [-0.25, -0.2) is 0 Å². The average Bonchev–Trinajstić information content (AvgIpc) is 2.18. The van der Waals surface area contributed by atoms with Crippen molar-refractivity contribution in [3.8, 4) is 0 Å². The van der Waals surface area contributed by atoms with Gasteiger partial charge in [0.05, 0.1) is 0 Å². The highest BCUT2D eigenvalue weighted by Gasteiger charge is 2.33. The van der Waals surface area contributed by atoms with E-state index in [1.165, 1.54) is 12.8 Å². The van der Waals surface area contributed by atoms with Crippen molar-refractivity contribution < 1.29 is 4.79 Å². The second kappa shape index (κ2) is 4.35. The van der Waals surface area contributed by atoms with Crippen LogP contribution < -0.4 is 5.32 Å². The second-order valence-corrected chi connectivity index (χ2v) is 4.91. The number of carbonyl (C=O) groups excluding carboxylic acids is 1. The molecule has 15 heavy (non-hydrogen) atoms. The Morgan fingerprint density at radius 1 is 1.40 bits per heavy atom. The molecule has 0 aromatic carbocycles. The maximum atomic E-state index is 11.9. The summed E-state index contributed by atoms with van der Waals surface area (Å²) in [6, 6.07) is 0.544. The third-order valence-corrected chi connectivity index (χ3v) is 3.39. The largest absolute Gasteiger partial charge is 0.383 e. The van der Waals surface area contributed by atoms with Crippen LogP contribution in [0.4, 0.5) is 0 Å². The van der Waals surface area contributed by atoms with Crippen LogP contribution in [0.5, 0.6) is 0 Å². The molecule has 1 aliphatic carbocycles. The molecule has 1 N–H and O–H groups in total. The molecule has 3 heteroatoms. The molecule has 1 saturated heterocycles. The predicted octanol–water partition coefficient (Wildman–Crippen LogP) is 1.16. The molecule has 2 fully saturated rings. The van der Waals surface area contributed by atoms with Crippen molar-refractivity contribution in [3.63, 3.8) is 0 Å². The van der Waals surface area contributed by atoms with E-state index in [1.807, 2.05) is 25.2 Å². The molecule has 0 bridgehead atoms. The number of carbonyl (C=O) groups is 1. The number of hydrogen-bond acceptors (Lipinski definition) is 3. The Hall–Kier alpha value is -0.830. The minimum Gasteiger partial charge on any atom is -0.383 e. The van der Waals surface area contributed by atoms with Crippen molar-refractivity contribution in [1.29, 1.82) is 0 Å². The van der Waals surface area contributed by atoms with Gasteiger partial charge in [-0.3, -0.25) is 4.79 Å². The summed E-state index contributed by atoms with van der Waals surface area (Å²) in [5, 5.41) is 3.53. The fraction of sp³-hybridized carbons (Fsp3) is 0.750. The molecule has 2 atom stereocenters. The van der Waals surface area contributed by atoms with E-state index in [-0.39, 0.29) is 0 Å². The summed E-state index contributed by atoms with van der Waals surface area (Å²) < 4.78 is 0. The molecule has 84 valence electrons. The van der Waals surface area contributed by atoms with Crippen LogP contribution in [0.15, 0.2) is 11.8 Å². The number of ketones is 1. The van der Waals surface area contributed by atoms with Crippen LogP contribution in [-0.4, -0.2) is 37.4 Å². The van der Waals surface area contributed by atoms with E-state index in [2.05, 4.69) is 5.32 Å². The van der Waals surface area contributed by atoms with E-state index < -0.39 is 0 Å². The first-order valence-electron chi connectivity index (χ1n) is 5.80. The maximum absolute atomic E-state index is 11.9. The molecule has 1 saturated carbocycles. The van der Waals surface area contributed by atoms with Crippen molar-refractivity contribution in [1.82, 2.24) is 10.2 Å². The Kier molecular flexibility index (Phi) is 3.10. The van der Waals surface area contributed by atoms with Crippen LogP contribution in [0.25, 0.3) is 0 Å². The zero-order chi connectivity index (χ0) is 10.8. The van der Waals surface area contributed by atoms with E-state index >= 15 is 0 Å². The number of piperidine rings is 1. The Morgan fingerprint density at radius 2 is 2.20 bits per heavy atom. The molecule has 3 nitrogen and oxygen atoms in total. The third-order valence-electron chi connectivity index (χ3n) is 3.39. The number of Topliss-reactive ketones (excluding diaryl/α,β-unsaturated/α-hetero) is 1. The van der Waals surface area contributed by atoms with Gasteiger partial charge in [0, 0.05) is 38.3 Å². The fourth-order valence-corrected chi connectivity index (χ4v) is 2.66. The Labute approximate surface area is 91.5 Å². The molecular weight excluding hydrogens is 188 g/mol. The Bertz CT molecular complexity index is 283. The molecule has 2 rings (SSSR count). The maximum Gasteiger partial charge on any atom is 0.160 e. The molecule has 0 aromatic heterocycles. The lowest BCUT2D eigenvalue weighted by atomic mass is 9.77. The van der Waals surface area contributed by atoms with Gasteiger partial charge in [-0.2, -0.15) is 0 Å². The van der Waals surface area contributed by atoms with Gasteiger partial charge in [-0.05, 0) is 31.7 Å². The highest BCUT2D eigenvalue weighted by Crippen LogP contribution is 2.31. The van der Waals surface area contributed by atoms with Crippen molar-refractivity contribution in [2.45, 2.75) is 31.7 Å². The first-order chi connectivity index (χ1) is 7.16. The van der Waals surface area contributed by atoms with E-state index in [9.17, 15) is 4.79 Å². The monoisotopic (exact) mass is 208 g/mol. The lowest BCUT2D eigenvalue weighted by molar-refractivity contribution is -0.118. The van der Waals surface area contributed by atoms with E-state index in [0.29, 0.717) is 17.7 Å². The normalized spacial score (nSPS) is 34.0. The van der Waals surface area contributed by atoms with Gasteiger partial charge < -0.3 is 10.2 Å². The highest BCUT2D eigenvalue weighted by molar-refractivity contribution is 5.96. The minimum absolute atomic E-state index is 0.355. The molecule has 2 unspecified atom stereocenters. The standard InChI is InChI=1S/C12H20N2O/c1-14(2)8-10-6-11-9(7-12(10)15)4-3-5-13-11/h8-9,11,13H,3-7H2,1-2H3/b10-8+. The predicted molar refractivity (Wildman–Crippen MR) is 60.5 cm³/mol. The van der Waals surface area contributed by atoms with Crippen molar-refractivity contribution >= 4 is 5.78 Å². The van der Waals surface area contributed by atoms with Gasteiger partial charge in [-0.1, -0.05) is 0 Å². The topological polar surface area (TPSA) is 32.3 Å². The lowest BCUT2D eigenvalue weighted by Crippen LogP contribution is -2.45. The fourth-order valence-electron chi connectivity index (χ4n) is 2.66. The zero-order valence-electron chi connectivity index (χ0n) is 9.62. The van der Waals surface area contributed by atoms with Crippen LogP contribution in [0.3, 0.4) is 0 Å². The molecule has 1 aliphatic heterocycles. The highest BCUT2D eigenvalue weighted by atomic mass is 16.1. The van der Waals surface area contributed by atoms with Crippen LogP contribution >= 0.6 is 0 Å². The van der Waals surface area contributed by atoms with Gasteiger partial charge >= 0.3 is 0 Å². The Morgan fingerprint density at radius 3 is 2.93 bits per heavy atom. The molecule has 0 aromatic rings. The quantitative estimate of drug-likeness (QED) is 0.656. The SMILES string of the molecule is CN(C)/C=C1\CC2NCCCC2CC1=O. The summed E-state index contributed by atoms with van der Waals surface area (Å²) in [6.07, 6.45) is 6.09. The number of fused-ring (bicyclic) bond motifs is 1. The molecular formula is C12H20N2O. The molecule has 0 spiro atoms. The van der Waals surface area contributed by atoms with Crippen LogP contribution in [0, 0.1) is 5.92 Å². The summed E-state index contributed by atoms with van der Waals surface area (Å²) in [4.78, 5) is 13.8. The minimum atomic E-state index is 0.355. The van der Waals surface area contributed by atoms with Gasteiger partial charge in [0.1, 0.15) is 0 Å². The summed E-state index contributed by atoms with van der Waals surface area (Å²) in [5.41, 5.74) is 0.996. The molecule has 0 amide bonds. The van der Waals surface area contributed by atoms with Crippen LogP contribution in [0.2, 0.25) is 0 Å². The van der Waals surface area contributed by atoms with Crippen molar-refractivity contribution in [2.24, 2.45) is 5.92 Å². The first-order valence-corrected chi connectivity index (χ1v) is 5.80. The van der Waals surface area contributed by atoms with Crippen molar-refractivity contribution in [3.05, 3.63) is 11.8 Å². The number of hydrogen-bond donors (Lipinski definition) is 1. The smallest absolute Gasteiger partial charge is 0.160 e. The Balaban J connectivity index is 2.08. The van der Waals surface area contributed by atoms with Gasteiger partial charge in [-0.15, -0.1) is 0 Å². The third kappa shape index (κ3) is 2.40. The summed E-state index contributed by atoms with van der Waals surface area (Å²) in [5.74, 6) is 0.944. The second-order valence-electron chi connectivity index (χ2n) is 4.91. The summed E-state index contributed by atoms with van der Waals surface area (Å²) in [6.45, 7) is 1.12. The average molecular weight is 208 g/mol. The molecule has 0 radical (unpaired) electrons. The van der Waals surface area contributed by atoms with Gasteiger partial charge in [0.15, 0.2) is 5.78 Å². The van der Waals surface area contributed by atoms with E-state index in [4.69, 9.17) is 0 Å². The van der Waals surface area contributed by atoms with Crippen LogP contribution in [0.1, 0.15) is 25.7 Å². The van der Waals surface area contributed by atoms with Crippen LogP contribution in [-0.2, 0) is 4.79 Å². The van der Waals surface area contributed by atoms with Gasteiger partial charge in [0.25, 0.3) is 0 Å². The first kappa shape index (κ1) is 10.7. The summed E-state index contributed by atoms with van der Waals surface area (Å²) >= 11 is 0. The summed E-state index contributed by atoms with van der Waals surface area (Å²) in [7, 11) is 3.95. The van der Waals surface area contributed by atoms with E-state index in [0.717, 1.165) is 25.0 Å². The molecule has 2 aliphatic rings. The molecule has 1 heterocycles. The van der Waals surface area contributed by atoms with Gasteiger partial charge in [0.2, 0.25) is 0 Å². The number of rotatable bonds is 1. The lowest BCUT2D eigenvalue weighted by Gasteiger charge is -2.36. The number of nitrogens with one attached hydrogen (secondary N) is 1.